The van der Waals surface area contributed by atoms with Gasteiger partial charge >= 0.3 is 0 Å². The molecule has 0 bridgehead atoms. The SMILES string of the molecule is Cc1cc(Br)cnc1Nc1cccc(N)c1. The van der Waals surface area contributed by atoms with E-state index in [1.165, 1.54) is 0 Å². The number of halogens is 1. The largest absolute Gasteiger partial charge is 0.399 e. The summed E-state index contributed by atoms with van der Waals surface area (Å²) in [6.45, 7) is 2.01. The number of rotatable bonds is 2. The number of nitrogens with one attached hydrogen (secondary N) is 1. The number of nitrogens with two attached hydrogens (primary N) is 1. The van der Waals surface area contributed by atoms with Crippen LogP contribution >= 0.6 is 15.9 Å². The lowest BCUT2D eigenvalue weighted by atomic mass is 10.2. The minimum atomic E-state index is 0.736. The summed E-state index contributed by atoms with van der Waals surface area (Å²) in [7, 11) is 0. The second kappa shape index (κ2) is 4.53. The summed E-state index contributed by atoms with van der Waals surface area (Å²) in [6, 6.07) is 9.61. The molecule has 0 radical (unpaired) electrons. The predicted octanol–water partition coefficient (Wildman–Crippen LogP) is 3.48. The molecule has 0 aliphatic carbocycles. The summed E-state index contributed by atoms with van der Waals surface area (Å²) in [4.78, 5) is 4.30. The van der Waals surface area contributed by atoms with E-state index >= 15 is 0 Å². The van der Waals surface area contributed by atoms with Crippen molar-refractivity contribution in [1.29, 1.82) is 0 Å². The number of aryl methyl sites for hydroxylation is 1. The van der Waals surface area contributed by atoms with Crippen molar-refractivity contribution in [3.05, 3.63) is 46.6 Å². The van der Waals surface area contributed by atoms with Crippen molar-refractivity contribution < 1.29 is 0 Å². The lowest BCUT2D eigenvalue weighted by Crippen LogP contribution is -1.97. The van der Waals surface area contributed by atoms with Crippen molar-refractivity contribution in [2.24, 2.45) is 0 Å². The molecule has 16 heavy (non-hydrogen) atoms. The zero-order valence-corrected chi connectivity index (χ0v) is 10.5. The quantitative estimate of drug-likeness (QED) is 0.827. The van der Waals surface area contributed by atoms with Crippen LogP contribution in [0.1, 0.15) is 5.56 Å². The standard InChI is InChI=1S/C12H12BrN3/c1-8-5-9(13)7-15-12(8)16-11-4-2-3-10(14)6-11/h2-7H,14H2,1H3,(H,15,16). The molecule has 1 heterocycles. The van der Waals surface area contributed by atoms with Gasteiger partial charge in [0.05, 0.1) is 0 Å². The van der Waals surface area contributed by atoms with Crippen molar-refractivity contribution in [1.82, 2.24) is 4.98 Å². The Bertz CT molecular complexity index is 511. The Morgan fingerprint density at radius 1 is 1.31 bits per heavy atom. The van der Waals surface area contributed by atoms with Crippen molar-refractivity contribution in [3.8, 4) is 0 Å². The third-order valence-corrected chi connectivity index (χ3v) is 2.63. The van der Waals surface area contributed by atoms with Crippen LogP contribution in [-0.4, -0.2) is 4.98 Å². The first-order valence-electron chi connectivity index (χ1n) is 4.90. The van der Waals surface area contributed by atoms with E-state index < -0.39 is 0 Å². The number of anilines is 3. The van der Waals surface area contributed by atoms with Gasteiger partial charge in [-0.05, 0) is 52.7 Å². The van der Waals surface area contributed by atoms with E-state index in [1.807, 2.05) is 37.3 Å². The fraction of sp³-hybridized carbons (Fsp3) is 0.0833. The monoisotopic (exact) mass is 277 g/mol. The molecule has 0 unspecified atom stereocenters. The van der Waals surface area contributed by atoms with Gasteiger partial charge in [0.2, 0.25) is 0 Å². The van der Waals surface area contributed by atoms with Gasteiger partial charge in [0.25, 0.3) is 0 Å². The Hall–Kier alpha value is -1.55. The second-order valence-electron chi connectivity index (χ2n) is 3.57. The van der Waals surface area contributed by atoms with Crippen molar-refractivity contribution in [2.45, 2.75) is 6.92 Å². The average molecular weight is 278 g/mol. The first-order chi connectivity index (χ1) is 7.65. The maximum atomic E-state index is 5.71. The third-order valence-electron chi connectivity index (χ3n) is 2.19. The molecule has 0 aliphatic heterocycles. The van der Waals surface area contributed by atoms with Crippen LogP contribution in [0.2, 0.25) is 0 Å². The maximum Gasteiger partial charge on any atom is 0.133 e. The van der Waals surface area contributed by atoms with Crippen LogP contribution in [0.3, 0.4) is 0 Å². The number of hydrogen-bond donors (Lipinski definition) is 2. The molecule has 0 amide bonds. The normalized spacial score (nSPS) is 10.1. The summed E-state index contributed by atoms with van der Waals surface area (Å²) >= 11 is 3.38. The van der Waals surface area contributed by atoms with Gasteiger partial charge in [-0.2, -0.15) is 0 Å². The number of benzene rings is 1. The van der Waals surface area contributed by atoms with E-state index in [2.05, 4.69) is 26.2 Å². The minimum absolute atomic E-state index is 0.736. The molecule has 2 aromatic rings. The molecule has 1 aromatic carbocycles. The number of nitrogens with zero attached hydrogens (tertiary/aromatic N) is 1. The summed E-state index contributed by atoms with van der Waals surface area (Å²) in [5.41, 5.74) is 8.47. The van der Waals surface area contributed by atoms with Crippen molar-refractivity contribution in [3.63, 3.8) is 0 Å². The number of nitrogen functional groups attached to an aromatic ring is 1. The van der Waals surface area contributed by atoms with Crippen molar-refractivity contribution in [2.75, 3.05) is 11.1 Å². The first kappa shape index (κ1) is 11.0. The van der Waals surface area contributed by atoms with Gasteiger partial charge in [0.15, 0.2) is 0 Å². The van der Waals surface area contributed by atoms with Crippen LogP contribution in [-0.2, 0) is 0 Å². The highest BCUT2D eigenvalue weighted by molar-refractivity contribution is 9.10. The highest BCUT2D eigenvalue weighted by atomic mass is 79.9. The van der Waals surface area contributed by atoms with Crippen molar-refractivity contribution >= 4 is 33.1 Å². The summed E-state index contributed by atoms with van der Waals surface area (Å²) in [6.07, 6.45) is 1.77. The van der Waals surface area contributed by atoms with Gasteiger partial charge in [0, 0.05) is 22.0 Å². The van der Waals surface area contributed by atoms with Crippen LogP contribution in [0.4, 0.5) is 17.2 Å². The summed E-state index contributed by atoms with van der Waals surface area (Å²) in [5, 5.41) is 3.23. The van der Waals surface area contributed by atoms with Crippen LogP contribution in [0.15, 0.2) is 41.0 Å². The molecule has 0 aliphatic rings. The molecule has 3 nitrogen and oxygen atoms in total. The number of aromatic nitrogens is 1. The fourth-order valence-electron chi connectivity index (χ4n) is 1.42. The van der Waals surface area contributed by atoms with Crippen LogP contribution in [0.25, 0.3) is 0 Å². The molecule has 0 saturated carbocycles. The van der Waals surface area contributed by atoms with Gasteiger partial charge in [-0.25, -0.2) is 4.98 Å². The summed E-state index contributed by atoms with van der Waals surface area (Å²) in [5.74, 6) is 0.841. The van der Waals surface area contributed by atoms with E-state index in [0.717, 1.165) is 27.2 Å². The van der Waals surface area contributed by atoms with Gasteiger partial charge < -0.3 is 11.1 Å². The average Bonchev–Trinajstić information content (AvgIpc) is 2.22. The van der Waals surface area contributed by atoms with Crippen LogP contribution in [0, 0.1) is 6.92 Å². The molecule has 82 valence electrons. The van der Waals surface area contributed by atoms with Crippen LogP contribution in [0.5, 0.6) is 0 Å². The summed E-state index contributed by atoms with van der Waals surface area (Å²) < 4.78 is 0.975. The fourth-order valence-corrected chi connectivity index (χ4v) is 1.87. The molecule has 0 fully saturated rings. The topological polar surface area (TPSA) is 50.9 Å². The van der Waals surface area contributed by atoms with Gasteiger partial charge in [-0.3, -0.25) is 0 Å². The third kappa shape index (κ3) is 2.52. The van der Waals surface area contributed by atoms with E-state index in [-0.39, 0.29) is 0 Å². The van der Waals surface area contributed by atoms with E-state index in [0.29, 0.717) is 0 Å². The Labute approximate surface area is 103 Å². The van der Waals surface area contributed by atoms with E-state index in [9.17, 15) is 0 Å². The number of hydrogen-bond acceptors (Lipinski definition) is 3. The minimum Gasteiger partial charge on any atom is -0.399 e. The molecule has 1 aromatic heterocycles. The zero-order chi connectivity index (χ0) is 11.5. The maximum absolute atomic E-state index is 5.71. The molecule has 4 heteroatoms. The van der Waals surface area contributed by atoms with Gasteiger partial charge in [-0.15, -0.1) is 0 Å². The smallest absolute Gasteiger partial charge is 0.133 e. The lowest BCUT2D eigenvalue weighted by molar-refractivity contribution is 1.24. The molecular weight excluding hydrogens is 266 g/mol. The lowest BCUT2D eigenvalue weighted by Gasteiger charge is -2.09. The van der Waals surface area contributed by atoms with E-state index in [4.69, 9.17) is 5.73 Å². The molecule has 0 spiro atoms. The Balaban J connectivity index is 2.27. The highest BCUT2D eigenvalue weighted by Crippen LogP contribution is 2.21. The Morgan fingerprint density at radius 2 is 2.12 bits per heavy atom. The van der Waals surface area contributed by atoms with Gasteiger partial charge in [-0.1, -0.05) is 6.07 Å². The molecule has 2 rings (SSSR count). The number of pyridine rings is 1. The first-order valence-corrected chi connectivity index (χ1v) is 5.69. The molecular formula is C12H12BrN3. The Kier molecular flexibility index (Phi) is 3.10. The molecule has 0 atom stereocenters. The van der Waals surface area contributed by atoms with Gasteiger partial charge in [0.1, 0.15) is 5.82 Å². The van der Waals surface area contributed by atoms with Crippen LogP contribution < -0.4 is 11.1 Å². The second-order valence-corrected chi connectivity index (χ2v) is 4.49. The Morgan fingerprint density at radius 3 is 2.81 bits per heavy atom. The molecule has 0 saturated heterocycles. The molecule has 3 N–H and O–H groups in total. The predicted molar refractivity (Wildman–Crippen MR) is 70.8 cm³/mol. The zero-order valence-electron chi connectivity index (χ0n) is 8.87. The van der Waals surface area contributed by atoms with E-state index in [1.54, 1.807) is 6.20 Å². The highest BCUT2D eigenvalue weighted by Gasteiger charge is 2.01.